The van der Waals surface area contributed by atoms with Gasteiger partial charge in [-0.3, -0.25) is 4.57 Å². The highest BCUT2D eigenvalue weighted by molar-refractivity contribution is 5.45. The summed E-state index contributed by atoms with van der Waals surface area (Å²) in [6.07, 6.45) is 0.276. The minimum atomic E-state index is -0.0434. The summed E-state index contributed by atoms with van der Waals surface area (Å²) >= 11 is 0. The van der Waals surface area contributed by atoms with Crippen LogP contribution in [0.5, 0.6) is 23.3 Å². The zero-order chi connectivity index (χ0) is 13.3. The Bertz CT molecular complexity index is 575. The molecule has 0 aliphatic heterocycles. The molecule has 5 heteroatoms. The number of nitrogens with zero attached hydrogens (tertiary/aromatic N) is 1. The minimum absolute atomic E-state index is 0.0109. The first-order chi connectivity index (χ1) is 8.52. The van der Waals surface area contributed by atoms with Crippen molar-refractivity contribution in [2.45, 2.75) is 19.9 Å². The third kappa shape index (κ3) is 2.07. The Kier molecular flexibility index (Phi) is 3.06. The molecule has 5 nitrogen and oxygen atoms in total. The third-order valence-electron chi connectivity index (χ3n) is 2.89. The molecule has 0 radical (unpaired) electrons. The van der Waals surface area contributed by atoms with Crippen LogP contribution in [0.2, 0.25) is 0 Å². The number of hydrogen-bond acceptors (Lipinski definition) is 4. The first-order valence-corrected chi connectivity index (χ1v) is 5.64. The van der Waals surface area contributed by atoms with E-state index in [1.54, 1.807) is 13.0 Å². The van der Waals surface area contributed by atoms with Crippen molar-refractivity contribution < 1.29 is 20.4 Å². The molecule has 1 heterocycles. The first kappa shape index (κ1) is 12.2. The first-order valence-electron chi connectivity index (χ1n) is 5.64. The highest BCUT2D eigenvalue weighted by Crippen LogP contribution is 2.32. The Hall–Kier alpha value is -2.30. The molecule has 0 aliphatic carbocycles. The molecule has 1 aromatic carbocycles. The monoisotopic (exact) mass is 249 g/mol. The van der Waals surface area contributed by atoms with Crippen molar-refractivity contribution in [1.82, 2.24) is 4.57 Å². The Morgan fingerprint density at radius 2 is 1.72 bits per heavy atom. The van der Waals surface area contributed by atoms with Crippen molar-refractivity contribution >= 4 is 0 Å². The van der Waals surface area contributed by atoms with Gasteiger partial charge in [0.15, 0.2) is 11.8 Å². The summed E-state index contributed by atoms with van der Waals surface area (Å²) in [5, 5.41) is 38.3. The summed E-state index contributed by atoms with van der Waals surface area (Å²) in [5.74, 6) is -0.0849. The van der Waals surface area contributed by atoms with Crippen LogP contribution in [0.15, 0.2) is 24.3 Å². The standard InChI is InChI=1S/C13H15NO4/c1-2-14-12(17)6-9(13(14)18)5-8-3-4-10(15)7-11(8)16/h3-4,6-7,15-18H,2,5H2,1H3. The molecule has 0 spiro atoms. The molecule has 0 bridgehead atoms. The third-order valence-corrected chi connectivity index (χ3v) is 2.89. The molecule has 0 unspecified atom stereocenters. The Morgan fingerprint density at radius 1 is 1.00 bits per heavy atom. The lowest BCUT2D eigenvalue weighted by atomic mass is 10.1. The SMILES string of the molecule is CCn1c(O)cc(Cc2ccc(O)cc2O)c1O. The fraction of sp³-hybridized carbons (Fsp3) is 0.231. The fourth-order valence-corrected chi connectivity index (χ4v) is 1.93. The number of aromatic hydroxyl groups is 4. The number of hydrogen-bond donors (Lipinski definition) is 4. The molecule has 18 heavy (non-hydrogen) atoms. The summed E-state index contributed by atoms with van der Waals surface area (Å²) in [6.45, 7) is 2.26. The van der Waals surface area contributed by atoms with Gasteiger partial charge < -0.3 is 20.4 Å². The van der Waals surface area contributed by atoms with Gasteiger partial charge in [-0.15, -0.1) is 0 Å². The van der Waals surface area contributed by atoms with E-state index in [2.05, 4.69) is 0 Å². The van der Waals surface area contributed by atoms with Gasteiger partial charge in [0.1, 0.15) is 11.5 Å². The van der Waals surface area contributed by atoms with Crippen molar-refractivity contribution in [1.29, 1.82) is 0 Å². The van der Waals surface area contributed by atoms with Crippen molar-refractivity contribution in [3.8, 4) is 23.3 Å². The van der Waals surface area contributed by atoms with Gasteiger partial charge in [-0.05, 0) is 18.6 Å². The second-order valence-electron chi connectivity index (χ2n) is 4.09. The summed E-state index contributed by atoms with van der Waals surface area (Å²) in [7, 11) is 0. The van der Waals surface area contributed by atoms with E-state index in [0.717, 1.165) is 0 Å². The molecule has 0 saturated heterocycles. The quantitative estimate of drug-likeness (QED) is 0.669. The zero-order valence-electron chi connectivity index (χ0n) is 9.96. The number of phenols is 2. The molecule has 0 fully saturated rings. The van der Waals surface area contributed by atoms with E-state index in [1.807, 2.05) is 0 Å². The predicted molar refractivity (Wildman–Crippen MR) is 66.0 cm³/mol. The second kappa shape index (κ2) is 4.52. The van der Waals surface area contributed by atoms with E-state index in [-0.39, 0.29) is 29.7 Å². The molecule has 0 amide bonds. The maximum atomic E-state index is 9.89. The van der Waals surface area contributed by atoms with Gasteiger partial charge in [0, 0.05) is 30.7 Å². The van der Waals surface area contributed by atoms with E-state index in [9.17, 15) is 20.4 Å². The van der Waals surface area contributed by atoms with E-state index < -0.39 is 0 Å². The topological polar surface area (TPSA) is 85.9 Å². The van der Waals surface area contributed by atoms with Gasteiger partial charge in [0.25, 0.3) is 0 Å². The van der Waals surface area contributed by atoms with Crippen molar-refractivity contribution in [2.24, 2.45) is 0 Å². The van der Waals surface area contributed by atoms with E-state index in [4.69, 9.17) is 0 Å². The largest absolute Gasteiger partial charge is 0.508 e. The molecule has 0 atom stereocenters. The molecule has 4 N–H and O–H groups in total. The van der Waals surface area contributed by atoms with Crippen LogP contribution in [0, 0.1) is 0 Å². The summed E-state index contributed by atoms with van der Waals surface area (Å²) in [5.41, 5.74) is 1.09. The van der Waals surface area contributed by atoms with Crippen LogP contribution in [-0.2, 0) is 13.0 Å². The van der Waals surface area contributed by atoms with Gasteiger partial charge in [0.05, 0.1) is 0 Å². The number of phenolic OH excluding ortho intramolecular Hbond substituents is 2. The highest BCUT2D eigenvalue weighted by atomic mass is 16.3. The van der Waals surface area contributed by atoms with Crippen LogP contribution in [0.25, 0.3) is 0 Å². The molecule has 96 valence electrons. The van der Waals surface area contributed by atoms with Crippen LogP contribution in [-0.4, -0.2) is 25.0 Å². The van der Waals surface area contributed by atoms with E-state index in [0.29, 0.717) is 17.7 Å². The Morgan fingerprint density at radius 3 is 2.28 bits per heavy atom. The molecular weight excluding hydrogens is 234 g/mol. The average molecular weight is 249 g/mol. The van der Waals surface area contributed by atoms with Crippen LogP contribution in [0.1, 0.15) is 18.1 Å². The van der Waals surface area contributed by atoms with Gasteiger partial charge in [-0.2, -0.15) is 0 Å². The van der Waals surface area contributed by atoms with Crippen LogP contribution in [0.4, 0.5) is 0 Å². The van der Waals surface area contributed by atoms with E-state index in [1.165, 1.54) is 22.8 Å². The van der Waals surface area contributed by atoms with Crippen LogP contribution in [0.3, 0.4) is 0 Å². The summed E-state index contributed by atoms with van der Waals surface area (Å²) in [6, 6.07) is 5.74. The van der Waals surface area contributed by atoms with Crippen molar-refractivity contribution in [3.05, 3.63) is 35.4 Å². The maximum Gasteiger partial charge on any atom is 0.197 e. The molecule has 0 saturated carbocycles. The number of benzene rings is 1. The lowest BCUT2D eigenvalue weighted by Crippen LogP contribution is -1.93. The van der Waals surface area contributed by atoms with Gasteiger partial charge in [-0.1, -0.05) is 6.07 Å². The molecule has 2 aromatic rings. The normalized spacial score (nSPS) is 10.7. The van der Waals surface area contributed by atoms with Crippen LogP contribution < -0.4 is 0 Å². The number of aromatic nitrogens is 1. The van der Waals surface area contributed by atoms with Crippen molar-refractivity contribution in [3.63, 3.8) is 0 Å². The average Bonchev–Trinajstić information content (AvgIpc) is 2.58. The predicted octanol–water partition coefficient (Wildman–Crippen LogP) is 1.92. The van der Waals surface area contributed by atoms with E-state index >= 15 is 0 Å². The van der Waals surface area contributed by atoms with Gasteiger partial charge in [-0.25, -0.2) is 0 Å². The number of rotatable bonds is 3. The minimum Gasteiger partial charge on any atom is -0.508 e. The summed E-state index contributed by atoms with van der Waals surface area (Å²) < 4.78 is 1.37. The highest BCUT2D eigenvalue weighted by Gasteiger charge is 2.14. The lowest BCUT2D eigenvalue weighted by Gasteiger charge is -2.05. The van der Waals surface area contributed by atoms with Crippen molar-refractivity contribution in [2.75, 3.05) is 0 Å². The molecule has 1 aromatic heterocycles. The lowest BCUT2D eigenvalue weighted by molar-refractivity contribution is 0.372. The zero-order valence-corrected chi connectivity index (χ0v) is 9.96. The van der Waals surface area contributed by atoms with Gasteiger partial charge in [0.2, 0.25) is 0 Å². The summed E-state index contributed by atoms with van der Waals surface area (Å²) in [4.78, 5) is 0. The molecule has 2 rings (SSSR count). The Labute approximate surface area is 104 Å². The molecular formula is C13H15NO4. The van der Waals surface area contributed by atoms with Gasteiger partial charge >= 0.3 is 0 Å². The second-order valence-corrected chi connectivity index (χ2v) is 4.09. The maximum absolute atomic E-state index is 9.89. The Balaban J connectivity index is 2.34. The fourth-order valence-electron chi connectivity index (χ4n) is 1.93. The smallest absolute Gasteiger partial charge is 0.197 e. The van der Waals surface area contributed by atoms with Crippen LogP contribution >= 0.6 is 0 Å². The molecule has 0 aliphatic rings.